The number of hydrogen-bond donors (Lipinski definition) is 0. The summed E-state index contributed by atoms with van der Waals surface area (Å²) in [6.45, 7) is 4.76. The monoisotopic (exact) mass is 842 g/mol. The molecule has 0 unspecified atom stereocenters. The molecule has 0 aliphatic heterocycles. The molecular formula is C63H42N2O. The maximum atomic E-state index is 6.71. The normalized spacial score (nSPS) is 13.1. The molecule has 0 radical (unpaired) electrons. The molecule has 0 amide bonds. The number of para-hydroxylation sites is 1. The molecule has 1 aliphatic rings. The first-order valence-corrected chi connectivity index (χ1v) is 22.9. The molecule has 66 heavy (non-hydrogen) atoms. The van der Waals surface area contributed by atoms with E-state index in [4.69, 9.17) is 4.42 Å². The van der Waals surface area contributed by atoms with E-state index in [1.54, 1.807) is 0 Å². The van der Waals surface area contributed by atoms with Gasteiger partial charge >= 0.3 is 0 Å². The van der Waals surface area contributed by atoms with Crippen LogP contribution in [-0.4, -0.2) is 4.57 Å². The zero-order valence-electron chi connectivity index (χ0n) is 36.6. The van der Waals surface area contributed by atoms with Crippen molar-refractivity contribution in [3.8, 4) is 39.1 Å². The summed E-state index contributed by atoms with van der Waals surface area (Å²) in [5.41, 5.74) is 18.6. The fraction of sp³-hybridized carbons (Fsp3) is 0.0476. The van der Waals surface area contributed by atoms with Gasteiger partial charge in [-0.15, -0.1) is 0 Å². The maximum Gasteiger partial charge on any atom is 0.138 e. The third kappa shape index (κ3) is 5.26. The standard InChI is InChI=1S/C63H42N2O/c1-63(2)54-24-13-22-46(41-17-7-4-8-18-41)60(54)51-33-31-44(37-55(51)63)64(42-29-27-40(28-30-42)39-15-5-3-6-16-39)43-32-34-57-52(35-43)49-21-11-12-25-56(49)65(57)45-36-53-48-20-10-9-19-47(48)50-23-14-26-58-61(50)62(53)59(38-45)66-58/h3-38H,1-2H3. The van der Waals surface area contributed by atoms with Crippen LogP contribution in [0.5, 0.6) is 0 Å². The van der Waals surface area contributed by atoms with Crippen LogP contribution in [0.2, 0.25) is 0 Å². The minimum atomic E-state index is -0.200. The maximum absolute atomic E-state index is 6.71. The molecule has 14 rings (SSSR count). The Balaban J connectivity index is 0.973. The Morgan fingerprint density at radius 1 is 0.379 bits per heavy atom. The highest BCUT2D eigenvalue weighted by Gasteiger charge is 2.37. The van der Waals surface area contributed by atoms with Gasteiger partial charge in [-0.1, -0.05) is 166 Å². The lowest BCUT2D eigenvalue weighted by molar-refractivity contribution is 0.660. The fourth-order valence-electron chi connectivity index (χ4n) is 11.5. The van der Waals surface area contributed by atoms with E-state index < -0.39 is 0 Å². The number of rotatable bonds is 6. The molecule has 310 valence electrons. The first-order chi connectivity index (χ1) is 32.5. The number of anilines is 3. The quantitative estimate of drug-likeness (QED) is 0.156. The van der Waals surface area contributed by atoms with E-state index in [0.29, 0.717) is 0 Å². The van der Waals surface area contributed by atoms with Crippen LogP contribution in [0.4, 0.5) is 17.1 Å². The average Bonchev–Trinajstić information content (AvgIpc) is 3.99. The van der Waals surface area contributed by atoms with Crippen molar-refractivity contribution < 1.29 is 4.42 Å². The minimum Gasteiger partial charge on any atom is -0.456 e. The van der Waals surface area contributed by atoms with Crippen LogP contribution >= 0.6 is 0 Å². The van der Waals surface area contributed by atoms with Crippen molar-refractivity contribution in [3.05, 3.63) is 230 Å². The average molecular weight is 843 g/mol. The molecule has 11 aromatic carbocycles. The highest BCUT2D eigenvalue weighted by molar-refractivity contribution is 6.33. The minimum absolute atomic E-state index is 0.200. The van der Waals surface area contributed by atoms with Crippen LogP contribution in [0.15, 0.2) is 223 Å². The first kappa shape index (κ1) is 37.0. The lowest BCUT2D eigenvalue weighted by atomic mass is 9.81. The Kier molecular flexibility index (Phi) is 7.74. The molecule has 0 saturated heterocycles. The second-order valence-electron chi connectivity index (χ2n) is 18.4. The number of furan rings is 1. The Morgan fingerprint density at radius 2 is 0.985 bits per heavy atom. The molecule has 1 aliphatic carbocycles. The lowest BCUT2D eigenvalue weighted by Crippen LogP contribution is -2.16. The highest BCUT2D eigenvalue weighted by atomic mass is 16.3. The summed E-state index contributed by atoms with van der Waals surface area (Å²) in [7, 11) is 0. The van der Waals surface area contributed by atoms with Gasteiger partial charge in [0.05, 0.1) is 16.7 Å². The summed E-state index contributed by atoms with van der Waals surface area (Å²) in [5.74, 6) is 0. The van der Waals surface area contributed by atoms with E-state index in [1.165, 1.54) is 87.6 Å². The molecule has 0 N–H and O–H groups in total. The van der Waals surface area contributed by atoms with E-state index >= 15 is 0 Å². The van der Waals surface area contributed by atoms with Crippen LogP contribution in [0.1, 0.15) is 25.0 Å². The Labute approximate surface area is 382 Å². The number of hydrogen-bond acceptors (Lipinski definition) is 2. The third-order valence-electron chi connectivity index (χ3n) is 14.5. The lowest BCUT2D eigenvalue weighted by Gasteiger charge is -2.28. The second kappa shape index (κ2) is 13.8. The van der Waals surface area contributed by atoms with Crippen molar-refractivity contribution in [2.45, 2.75) is 19.3 Å². The number of aromatic nitrogens is 1. The molecule has 0 bridgehead atoms. The number of benzene rings is 11. The van der Waals surface area contributed by atoms with E-state index in [0.717, 1.165) is 44.9 Å². The Bertz CT molecular complexity index is 4060. The smallest absolute Gasteiger partial charge is 0.138 e. The van der Waals surface area contributed by atoms with Gasteiger partial charge in [-0.25, -0.2) is 0 Å². The van der Waals surface area contributed by atoms with Gasteiger partial charge in [-0.2, -0.15) is 0 Å². The summed E-state index contributed by atoms with van der Waals surface area (Å²) >= 11 is 0. The van der Waals surface area contributed by atoms with Gasteiger partial charge in [0.1, 0.15) is 11.2 Å². The zero-order chi connectivity index (χ0) is 43.7. The van der Waals surface area contributed by atoms with Crippen molar-refractivity contribution in [3.63, 3.8) is 0 Å². The van der Waals surface area contributed by atoms with E-state index in [2.05, 4.69) is 242 Å². The van der Waals surface area contributed by atoms with Gasteiger partial charge < -0.3 is 13.9 Å². The molecule has 0 atom stereocenters. The third-order valence-corrected chi connectivity index (χ3v) is 14.5. The van der Waals surface area contributed by atoms with E-state index in [-0.39, 0.29) is 5.41 Å². The van der Waals surface area contributed by atoms with Crippen molar-refractivity contribution in [2.75, 3.05) is 4.90 Å². The highest BCUT2D eigenvalue weighted by Crippen LogP contribution is 2.54. The molecule has 3 nitrogen and oxygen atoms in total. The Hall–Kier alpha value is -8.40. The summed E-state index contributed by atoms with van der Waals surface area (Å²) in [4.78, 5) is 2.44. The van der Waals surface area contributed by atoms with Gasteiger partial charge in [0, 0.05) is 50.1 Å². The molecule has 2 heterocycles. The summed E-state index contributed by atoms with van der Waals surface area (Å²) in [5, 5.41) is 9.71. The molecule has 13 aromatic rings. The number of nitrogens with zero attached hydrogens (tertiary/aromatic N) is 2. The molecule has 0 spiro atoms. The van der Waals surface area contributed by atoms with Crippen LogP contribution < -0.4 is 4.90 Å². The summed E-state index contributed by atoms with van der Waals surface area (Å²) < 4.78 is 9.13. The van der Waals surface area contributed by atoms with Crippen molar-refractivity contribution in [2.24, 2.45) is 0 Å². The summed E-state index contributed by atoms with van der Waals surface area (Å²) in [6, 6.07) is 80.1. The van der Waals surface area contributed by atoms with Crippen molar-refractivity contribution in [1.82, 2.24) is 4.57 Å². The zero-order valence-corrected chi connectivity index (χ0v) is 36.6. The fourth-order valence-corrected chi connectivity index (χ4v) is 11.5. The molecule has 2 aromatic heterocycles. The molecular weight excluding hydrogens is 801 g/mol. The van der Waals surface area contributed by atoms with Crippen LogP contribution in [0.3, 0.4) is 0 Å². The summed E-state index contributed by atoms with van der Waals surface area (Å²) in [6.07, 6.45) is 0. The predicted octanol–water partition coefficient (Wildman–Crippen LogP) is 17.5. The van der Waals surface area contributed by atoms with Gasteiger partial charge in [-0.05, 0) is 127 Å². The van der Waals surface area contributed by atoms with E-state index in [1.807, 2.05) is 0 Å². The molecule has 3 heteroatoms. The Morgan fingerprint density at radius 3 is 1.79 bits per heavy atom. The second-order valence-corrected chi connectivity index (χ2v) is 18.4. The first-order valence-electron chi connectivity index (χ1n) is 22.9. The van der Waals surface area contributed by atoms with E-state index in [9.17, 15) is 0 Å². The largest absolute Gasteiger partial charge is 0.456 e. The SMILES string of the molecule is CC1(C)c2cc(N(c3ccc(-c4ccccc4)cc3)c3ccc4c(c3)c3ccccc3n4-c3cc4oc5cccc6c7ccccc7c(c3)c4c56)ccc2-c2c(-c3ccccc3)cccc21. The molecule has 0 saturated carbocycles. The molecule has 0 fully saturated rings. The van der Waals surface area contributed by atoms with Crippen molar-refractivity contribution >= 4 is 82.4 Å². The van der Waals surface area contributed by atoms with Crippen LogP contribution in [0, 0.1) is 0 Å². The van der Waals surface area contributed by atoms with Gasteiger partial charge in [0.2, 0.25) is 0 Å². The predicted molar refractivity (Wildman–Crippen MR) is 277 cm³/mol. The van der Waals surface area contributed by atoms with Crippen LogP contribution in [0.25, 0.3) is 104 Å². The van der Waals surface area contributed by atoms with Gasteiger partial charge in [-0.3, -0.25) is 0 Å². The van der Waals surface area contributed by atoms with Gasteiger partial charge in [0.15, 0.2) is 0 Å². The van der Waals surface area contributed by atoms with Crippen molar-refractivity contribution in [1.29, 1.82) is 0 Å². The number of fused-ring (bicyclic) bond motifs is 9. The van der Waals surface area contributed by atoms with Gasteiger partial charge in [0.25, 0.3) is 0 Å². The topological polar surface area (TPSA) is 21.3 Å². The van der Waals surface area contributed by atoms with Crippen LogP contribution in [-0.2, 0) is 5.41 Å².